The van der Waals surface area contributed by atoms with E-state index in [0.717, 1.165) is 25.7 Å². The highest BCUT2D eigenvalue weighted by Crippen LogP contribution is 2.29. The molecule has 17 heavy (non-hydrogen) atoms. The molecule has 1 saturated carbocycles. The van der Waals surface area contributed by atoms with E-state index in [1.165, 1.54) is 0 Å². The molecule has 1 fully saturated rings. The second-order valence-corrected chi connectivity index (χ2v) is 5.05. The molecule has 4 heteroatoms. The highest BCUT2D eigenvalue weighted by Gasteiger charge is 2.34. The van der Waals surface area contributed by atoms with Crippen LogP contribution in [0.5, 0.6) is 0 Å². The lowest BCUT2D eigenvalue weighted by Crippen LogP contribution is -2.49. The number of nitrogens with one attached hydrogen (secondary N) is 1. The van der Waals surface area contributed by atoms with Crippen LogP contribution in [0.3, 0.4) is 0 Å². The molecule has 0 spiro atoms. The van der Waals surface area contributed by atoms with Crippen molar-refractivity contribution in [3.63, 3.8) is 0 Å². The molecule has 1 amide bonds. The highest BCUT2D eigenvalue weighted by molar-refractivity contribution is 6.30. The molecule has 0 radical (unpaired) electrons. The van der Waals surface area contributed by atoms with E-state index >= 15 is 0 Å². The van der Waals surface area contributed by atoms with Gasteiger partial charge in [0.25, 0.3) is 5.91 Å². The molecule has 3 nitrogen and oxygen atoms in total. The fraction of sp³-hybridized carbons (Fsp3) is 0.462. The predicted molar refractivity (Wildman–Crippen MR) is 67.2 cm³/mol. The molecule has 0 aliphatic heterocycles. The molecule has 0 unspecified atom stereocenters. The van der Waals surface area contributed by atoms with Crippen molar-refractivity contribution in [2.45, 2.75) is 31.2 Å². The molecule has 1 aromatic carbocycles. The Morgan fingerprint density at radius 1 is 1.41 bits per heavy atom. The van der Waals surface area contributed by atoms with E-state index in [9.17, 15) is 9.90 Å². The first-order valence-corrected chi connectivity index (χ1v) is 6.22. The molecule has 2 N–H and O–H groups in total. The van der Waals surface area contributed by atoms with Crippen LogP contribution in [0, 0.1) is 0 Å². The summed E-state index contributed by atoms with van der Waals surface area (Å²) in [7, 11) is 0. The van der Waals surface area contributed by atoms with Crippen molar-refractivity contribution >= 4 is 17.5 Å². The average Bonchev–Trinajstić information content (AvgIpc) is 2.78. The van der Waals surface area contributed by atoms with Gasteiger partial charge in [-0.2, -0.15) is 0 Å². The van der Waals surface area contributed by atoms with Crippen LogP contribution in [0.4, 0.5) is 0 Å². The number of rotatable bonds is 3. The lowest BCUT2D eigenvalue weighted by Gasteiger charge is -2.28. The number of amides is 1. The molecule has 0 atom stereocenters. The molecule has 0 heterocycles. The van der Waals surface area contributed by atoms with Crippen LogP contribution in [0.2, 0.25) is 5.02 Å². The van der Waals surface area contributed by atoms with Crippen molar-refractivity contribution < 1.29 is 9.90 Å². The SMILES string of the molecule is O=C(NC1(CO)CCCC1)c1cccc(Cl)c1. The molecule has 92 valence electrons. The van der Waals surface area contributed by atoms with Crippen molar-refractivity contribution in [1.29, 1.82) is 0 Å². The minimum atomic E-state index is -0.431. The van der Waals surface area contributed by atoms with Gasteiger partial charge in [-0.15, -0.1) is 0 Å². The Morgan fingerprint density at radius 3 is 2.71 bits per heavy atom. The van der Waals surface area contributed by atoms with E-state index in [1.807, 2.05) is 0 Å². The third kappa shape index (κ3) is 2.79. The maximum absolute atomic E-state index is 12.0. The first kappa shape index (κ1) is 12.4. The van der Waals surface area contributed by atoms with E-state index in [4.69, 9.17) is 11.6 Å². The van der Waals surface area contributed by atoms with Gasteiger partial charge in [0.1, 0.15) is 0 Å². The number of hydrogen-bond donors (Lipinski definition) is 2. The fourth-order valence-electron chi connectivity index (χ4n) is 2.32. The maximum atomic E-state index is 12.0. The monoisotopic (exact) mass is 253 g/mol. The maximum Gasteiger partial charge on any atom is 0.251 e. The van der Waals surface area contributed by atoms with Gasteiger partial charge in [0.05, 0.1) is 12.1 Å². The Balaban J connectivity index is 2.11. The second-order valence-electron chi connectivity index (χ2n) is 4.61. The summed E-state index contributed by atoms with van der Waals surface area (Å²) in [5.41, 5.74) is 0.108. The largest absolute Gasteiger partial charge is 0.394 e. The zero-order valence-corrected chi connectivity index (χ0v) is 10.3. The van der Waals surface area contributed by atoms with Crippen molar-refractivity contribution in [3.05, 3.63) is 34.9 Å². The minimum absolute atomic E-state index is 0.000689. The van der Waals surface area contributed by atoms with Crippen LogP contribution in [0.25, 0.3) is 0 Å². The zero-order valence-electron chi connectivity index (χ0n) is 9.58. The van der Waals surface area contributed by atoms with Gasteiger partial charge in [-0.3, -0.25) is 4.79 Å². The number of aliphatic hydroxyl groups is 1. The van der Waals surface area contributed by atoms with Gasteiger partial charge in [0.2, 0.25) is 0 Å². The highest BCUT2D eigenvalue weighted by atomic mass is 35.5. The van der Waals surface area contributed by atoms with Crippen LogP contribution in [0.15, 0.2) is 24.3 Å². The molecule has 1 aromatic rings. The summed E-state index contributed by atoms with van der Waals surface area (Å²) in [5, 5.41) is 12.9. The first-order chi connectivity index (χ1) is 8.15. The van der Waals surface area contributed by atoms with Gasteiger partial charge in [-0.1, -0.05) is 30.5 Å². The summed E-state index contributed by atoms with van der Waals surface area (Å²) in [5.74, 6) is -0.163. The molecular formula is C13H16ClNO2. The Hall–Kier alpha value is -1.06. The van der Waals surface area contributed by atoms with Crippen LogP contribution in [-0.2, 0) is 0 Å². The molecule has 1 aliphatic carbocycles. The Bertz CT molecular complexity index is 414. The van der Waals surface area contributed by atoms with E-state index in [-0.39, 0.29) is 12.5 Å². The third-order valence-corrected chi connectivity index (χ3v) is 3.56. The van der Waals surface area contributed by atoms with Crippen LogP contribution < -0.4 is 5.32 Å². The third-order valence-electron chi connectivity index (χ3n) is 3.33. The molecule has 1 aliphatic rings. The quantitative estimate of drug-likeness (QED) is 0.869. The van der Waals surface area contributed by atoms with E-state index in [1.54, 1.807) is 24.3 Å². The normalized spacial score (nSPS) is 18.0. The number of carbonyl (C=O) groups excluding carboxylic acids is 1. The number of hydrogen-bond acceptors (Lipinski definition) is 2. The topological polar surface area (TPSA) is 49.3 Å². The summed E-state index contributed by atoms with van der Waals surface area (Å²) in [4.78, 5) is 12.0. The molecule has 0 aromatic heterocycles. The van der Waals surface area contributed by atoms with E-state index < -0.39 is 5.54 Å². The smallest absolute Gasteiger partial charge is 0.251 e. The number of aliphatic hydroxyl groups excluding tert-OH is 1. The zero-order chi connectivity index (χ0) is 12.3. The summed E-state index contributed by atoms with van der Waals surface area (Å²) in [6.45, 7) is -0.000689. The number of halogens is 1. The van der Waals surface area contributed by atoms with Gasteiger partial charge in [-0.05, 0) is 31.0 Å². The van der Waals surface area contributed by atoms with E-state index in [2.05, 4.69) is 5.32 Å². The Kier molecular flexibility index (Phi) is 3.69. The number of benzene rings is 1. The lowest BCUT2D eigenvalue weighted by molar-refractivity contribution is 0.0838. The lowest BCUT2D eigenvalue weighted by atomic mass is 9.98. The van der Waals surface area contributed by atoms with E-state index in [0.29, 0.717) is 10.6 Å². The van der Waals surface area contributed by atoms with Gasteiger partial charge in [-0.25, -0.2) is 0 Å². The fourth-order valence-corrected chi connectivity index (χ4v) is 2.51. The molecular weight excluding hydrogens is 238 g/mol. The first-order valence-electron chi connectivity index (χ1n) is 5.84. The average molecular weight is 254 g/mol. The summed E-state index contributed by atoms with van der Waals surface area (Å²) in [6.07, 6.45) is 3.79. The predicted octanol–water partition coefficient (Wildman–Crippen LogP) is 2.37. The molecule has 2 rings (SSSR count). The van der Waals surface area contributed by atoms with Crippen LogP contribution in [0.1, 0.15) is 36.0 Å². The van der Waals surface area contributed by atoms with Crippen molar-refractivity contribution in [1.82, 2.24) is 5.32 Å². The summed E-state index contributed by atoms with van der Waals surface area (Å²) < 4.78 is 0. The Labute approximate surface area is 106 Å². The molecule has 0 saturated heterocycles. The number of carbonyl (C=O) groups is 1. The van der Waals surface area contributed by atoms with Gasteiger partial charge in [0, 0.05) is 10.6 Å². The summed E-state index contributed by atoms with van der Waals surface area (Å²) in [6, 6.07) is 6.84. The Morgan fingerprint density at radius 2 is 2.12 bits per heavy atom. The summed E-state index contributed by atoms with van der Waals surface area (Å²) >= 11 is 5.84. The van der Waals surface area contributed by atoms with Crippen LogP contribution in [-0.4, -0.2) is 23.2 Å². The minimum Gasteiger partial charge on any atom is -0.394 e. The van der Waals surface area contributed by atoms with Crippen molar-refractivity contribution in [2.75, 3.05) is 6.61 Å². The van der Waals surface area contributed by atoms with Crippen molar-refractivity contribution in [3.8, 4) is 0 Å². The second kappa shape index (κ2) is 5.07. The molecule has 0 bridgehead atoms. The van der Waals surface area contributed by atoms with Crippen LogP contribution >= 0.6 is 11.6 Å². The van der Waals surface area contributed by atoms with Gasteiger partial charge < -0.3 is 10.4 Å². The van der Waals surface area contributed by atoms with Gasteiger partial charge in [0.15, 0.2) is 0 Å². The van der Waals surface area contributed by atoms with Gasteiger partial charge >= 0.3 is 0 Å². The standard InChI is InChI=1S/C13H16ClNO2/c14-11-5-3-4-10(8-11)12(17)15-13(9-16)6-1-2-7-13/h3-5,8,16H,1-2,6-7,9H2,(H,15,17). The van der Waals surface area contributed by atoms with Crippen molar-refractivity contribution in [2.24, 2.45) is 0 Å².